The molecular formula is C24H23F2NO4. The number of carbonyl (C=O) groups is 2. The molecule has 2 aromatic carbocycles. The molecular weight excluding hydrogens is 404 g/mol. The van der Waals surface area contributed by atoms with Crippen LogP contribution in [-0.4, -0.2) is 11.9 Å². The van der Waals surface area contributed by atoms with Crippen molar-refractivity contribution < 1.29 is 27.8 Å². The summed E-state index contributed by atoms with van der Waals surface area (Å²) in [4.78, 5) is 24.7. The van der Waals surface area contributed by atoms with E-state index in [1.54, 1.807) is 6.07 Å². The highest BCUT2D eigenvalue weighted by molar-refractivity contribution is 5.92. The van der Waals surface area contributed by atoms with Crippen molar-refractivity contribution in [3.63, 3.8) is 0 Å². The van der Waals surface area contributed by atoms with Crippen molar-refractivity contribution in [2.45, 2.75) is 45.4 Å². The number of ether oxygens (including phenoxy) is 2. The lowest BCUT2D eigenvalue weighted by Crippen LogP contribution is -2.25. The highest BCUT2D eigenvalue weighted by Crippen LogP contribution is 2.32. The van der Waals surface area contributed by atoms with E-state index in [1.165, 1.54) is 12.5 Å². The molecule has 162 valence electrons. The van der Waals surface area contributed by atoms with Gasteiger partial charge in [-0.05, 0) is 61.9 Å². The summed E-state index contributed by atoms with van der Waals surface area (Å²) in [5.41, 5.74) is -0.582. The topological polar surface area (TPSA) is 76.4 Å². The Morgan fingerprint density at radius 2 is 1.81 bits per heavy atom. The lowest BCUT2D eigenvalue weighted by Gasteiger charge is -2.26. The van der Waals surface area contributed by atoms with Crippen LogP contribution < -0.4 is 9.47 Å². The van der Waals surface area contributed by atoms with Gasteiger partial charge in [-0.15, -0.1) is 0 Å². The van der Waals surface area contributed by atoms with E-state index >= 15 is 0 Å². The first-order valence-corrected chi connectivity index (χ1v) is 10.3. The van der Waals surface area contributed by atoms with Crippen LogP contribution in [0.25, 0.3) is 0 Å². The van der Waals surface area contributed by atoms with Crippen LogP contribution in [0.2, 0.25) is 0 Å². The molecule has 0 heterocycles. The molecule has 0 unspecified atom stereocenters. The van der Waals surface area contributed by atoms with E-state index in [2.05, 4.69) is 6.92 Å². The Labute approximate surface area is 179 Å². The fourth-order valence-electron chi connectivity index (χ4n) is 3.85. The molecule has 0 bridgehead atoms. The summed E-state index contributed by atoms with van der Waals surface area (Å²) in [6.07, 6.45) is 5.79. The standard InChI is InChI=1S/C24H23F2NO4/c1-2-3-15-4-6-16(7-5-15)23(28)30-19-9-10-20(21(26)13-19)24(29)31-22-11-8-18(25)12-17(22)14-27/h8-13,15-16H,2-7H2,1H3/t15-,16-. The van der Waals surface area contributed by atoms with Gasteiger partial charge < -0.3 is 9.47 Å². The first-order chi connectivity index (χ1) is 14.9. The zero-order valence-corrected chi connectivity index (χ0v) is 17.2. The van der Waals surface area contributed by atoms with Gasteiger partial charge in [-0.2, -0.15) is 5.26 Å². The van der Waals surface area contributed by atoms with Crippen molar-refractivity contribution >= 4 is 11.9 Å². The van der Waals surface area contributed by atoms with E-state index in [9.17, 15) is 18.4 Å². The Bertz CT molecular complexity index is 1010. The van der Waals surface area contributed by atoms with Gasteiger partial charge in [-0.3, -0.25) is 4.79 Å². The maximum Gasteiger partial charge on any atom is 0.346 e. The molecule has 1 fully saturated rings. The first-order valence-electron chi connectivity index (χ1n) is 10.3. The minimum absolute atomic E-state index is 0.00854. The summed E-state index contributed by atoms with van der Waals surface area (Å²) in [6, 6.07) is 8.18. The maximum atomic E-state index is 14.5. The van der Waals surface area contributed by atoms with Crippen LogP contribution in [0, 0.1) is 34.8 Å². The molecule has 0 radical (unpaired) electrons. The normalized spacial score (nSPS) is 18.1. The molecule has 5 nitrogen and oxygen atoms in total. The fraction of sp³-hybridized carbons (Fsp3) is 0.375. The summed E-state index contributed by atoms with van der Waals surface area (Å²) >= 11 is 0. The van der Waals surface area contributed by atoms with Gasteiger partial charge in [0.25, 0.3) is 0 Å². The van der Waals surface area contributed by atoms with Crippen LogP contribution in [0.4, 0.5) is 8.78 Å². The van der Waals surface area contributed by atoms with Crippen LogP contribution >= 0.6 is 0 Å². The van der Waals surface area contributed by atoms with Crippen LogP contribution in [-0.2, 0) is 4.79 Å². The van der Waals surface area contributed by atoms with Crippen LogP contribution in [0.15, 0.2) is 36.4 Å². The monoisotopic (exact) mass is 427 g/mol. The van der Waals surface area contributed by atoms with Crippen molar-refractivity contribution in [3.8, 4) is 17.6 Å². The Kier molecular flexibility index (Phi) is 7.35. The number of nitrogens with zero attached hydrogens (tertiary/aromatic N) is 1. The average molecular weight is 427 g/mol. The number of rotatable bonds is 6. The second-order valence-electron chi connectivity index (χ2n) is 7.71. The van der Waals surface area contributed by atoms with E-state index in [0.717, 1.165) is 62.4 Å². The van der Waals surface area contributed by atoms with Gasteiger partial charge in [-0.1, -0.05) is 19.8 Å². The number of nitriles is 1. The van der Waals surface area contributed by atoms with Crippen molar-refractivity contribution in [2.24, 2.45) is 11.8 Å². The molecule has 0 N–H and O–H groups in total. The van der Waals surface area contributed by atoms with Gasteiger partial charge in [0, 0.05) is 6.07 Å². The molecule has 1 aliphatic carbocycles. The molecule has 0 atom stereocenters. The Morgan fingerprint density at radius 1 is 1.06 bits per heavy atom. The summed E-state index contributed by atoms with van der Waals surface area (Å²) in [5.74, 6) is -2.75. The van der Waals surface area contributed by atoms with Crippen molar-refractivity contribution in [1.29, 1.82) is 5.26 Å². The zero-order valence-electron chi connectivity index (χ0n) is 17.2. The van der Waals surface area contributed by atoms with Gasteiger partial charge >= 0.3 is 11.9 Å². The van der Waals surface area contributed by atoms with Crippen LogP contribution in [0.3, 0.4) is 0 Å². The number of benzene rings is 2. The molecule has 0 spiro atoms. The molecule has 0 aliphatic heterocycles. The van der Waals surface area contributed by atoms with E-state index in [0.29, 0.717) is 5.92 Å². The summed E-state index contributed by atoms with van der Waals surface area (Å²) < 4.78 is 38.0. The second-order valence-corrected chi connectivity index (χ2v) is 7.71. The van der Waals surface area contributed by atoms with Crippen molar-refractivity contribution in [3.05, 3.63) is 59.2 Å². The molecule has 0 amide bonds. The van der Waals surface area contributed by atoms with E-state index in [-0.39, 0.29) is 23.0 Å². The van der Waals surface area contributed by atoms with Gasteiger partial charge in [-0.25, -0.2) is 13.6 Å². The maximum absolute atomic E-state index is 14.5. The molecule has 3 rings (SSSR count). The minimum atomic E-state index is -1.05. The summed E-state index contributed by atoms with van der Waals surface area (Å²) in [7, 11) is 0. The van der Waals surface area contributed by atoms with Crippen LogP contribution in [0.5, 0.6) is 11.5 Å². The van der Waals surface area contributed by atoms with E-state index in [4.69, 9.17) is 14.7 Å². The predicted octanol–water partition coefficient (Wildman–Crippen LogP) is 5.57. The highest BCUT2D eigenvalue weighted by Gasteiger charge is 2.27. The number of hydrogen-bond acceptors (Lipinski definition) is 5. The van der Waals surface area contributed by atoms with Gasteiger partial charge in [0.2, 0.25) is 0 Å². The third-order valence-corrected chi connectivity index (χ3v) is 5.52. The smallest absolute Gasteiger partial charge is 0.346 e. The second kappa shape index (κ2) is 10.2. The van der Waals surface area contributed by atoms with Crippen molar-refractivity contribution in [1.82, 2.24) is 0 Å². The Morgan fingerprint density at radius 3 is 2.45 bits per heavy atom. The van der Waals surface area contributed by atoms with E-state index < -0.39 is 29.1 Å². The van der Waals surface area contributed by atoms with Crippen LogP contribution in [0.1, 0.15) is 61.4 Å². The SMILES string of the molecule is CCC[C@H]1CC[C@H](C(=O)Oc2ccc(C(=O)Oc3ccc(F)cc3C#N)c(F)c2)CC1. The Balaban J connectivity index is 1.63. The van der Waals surface area contributed by atoms with Gasteiger partial charge in [0.05, 0.1) is 17.0 Å². The van der Waals surface area contributed by atoms with Crippen molar-refractivity contribution in [2.75, 3.05) is 0 Å². The number of esters is 2. The largest absolute Gasteiger partial charge is 0.426 e. The first kappa shape index (κ1) is 22.4. The molecule has 0 aromatic heterocycles. The Hall–Kier alpha value is -3.27. The molecule has 2 aromatic rings. The van der Waals surface area contributed by atoms with Gasteiger partial charge in [0.1, 0.15) is 29.2 Å². The quantitative estimate of drug-likeness (QED) is 0.445. The summed E-state index contributed by atoms with van der Waals surface area (Å²) in [6.45, 7) is 2.15. The van der Waals surface area contributed by atoms with E-state index in [1.807, 2.05) is 0 Å². The molecule has 7 heteroatoms. The third kappa shape index (κ3) is 5.66. The zero-order chi connectivity index (χ0) is 22.4. The molecule has 1 aliphatic rings. The minimum Gasteiger partial charge on any atom is -0.426 e. The fourth-order valence-corrected chi connectivity index (χ4v) is 3.85. The molecule has 0 saturated heterocycles. The predicted molar refractivity (Wildman–Crippen MR) is 108 cm³/mol. The number of hydrogen-bond donors (Lipinski definition) is 0. The lowest BCUT2D eigenvalue weighted by atomic mass is 9.80. The molecule has 31 heavy (non-hydrogen) atoms. The summed E-state index contributed by atoms with van der Waals surface area (Å²) in [5, 5.41) is 9.02. The average Bonchev–Trinajstić information content (AvgIpc) is 2.75. The third-order valence-electron chi connectivity index (χ3n) is 5.52. The number of halogens is 2. The number of carbonyl (C=O) groups excluding carboxylic acids is 2. The lowest BCUT2D eigenvalue weighted by molar-refractivity contribution is -0.140. The van der Waals surface area contributed by atoms with Gasteiger partial charge in [0.15, 0.2) is 0 Å². The molecule has 1 saturated carbocycles. The highest BCUT2D eigenvalue weighted by atomic mass is 19.1.